The maximum atomic E-state index is 14.5. The van der Waals surface area contributed by atoms with Crippen molar-refractivity contribution in [3.8, 4) is 17.0 Å². The summed E-state index contributed by atoms with van der Waals surface area (Å²) in [5.41, 5.74) is -6.73. The van der Waals surface area contributed by atoms with Crippen molar-refractivity contribution in [1.29, 1.82) is 0 Å². The molecular weight excluding hydrogens is 585 g/mol. The van der Waals surface area contributed by atoms with E-state index in [0.717, 1.165) is 18.2 Å². The number of aliphatic hydroxyl groups is 2. The first-order valence-electron chi connectivity index (χ1n) is 12.4. The number of carbonyl (C=O) groups is 1. The molecule has 0 spiro atoms. The molecule has 0 radical (unpaired) electrons. The molecule has 1 atom stereocenters. The second-order valence-electron chi connectivity index (χ2n) is 10.2. The second kappa shape index (κ2) is 11.1. The molecule has 222 valence electrons. The molecule has 0 bridgehead atoms. The Hall–Kier alpha value is -3.87. The van der Waals surface area contributed by atoms with Crippen molar-refractivity contribution in [2.45, 2.75) is 38.1 Å². The van der Waals surface area contributed by atoms with Crippen molar-refractivity contribution in [2.75, 3.05) is 13.7 Å². The van der Waals surface area contributed by atoms with E-state index in [-0.39, 0.29) is 44.2 Å². The van der Waals surface area contributed by atoms with Crippen molar-refractivity contribution in [1.82, 2.24) is 15.3 Å². The zero-order valence-corrected chi connectivity index (χ0v) is 23.5. The summed E-state index contributed by atoms with van der Waals surface area (Å²) < 4.78 is 76.3. The van der Waals surface area contributed by atoms with Gasteiger partial charge >= 0.3 is 6.18 Å². The van der Waals surface area contributed by atoms with Gasteiger partial charge in [0.1, 0.15) is 17.1 Å². The SMILES string of the molecule is COc1cc(C(=O)NCC(O)(c2cc(C(C)(C)O)c(Cl)c(-c3ccc(F)cc3)n2)C(F)(F)F)cc2cc(C)c(F)nc12. The summed E-state index contributed by atoms with van der Waals surface area (Å²) >= 11 is 6.42. The number of halogens is 6. The Morgan fingerprint density at radius 1 is 1.02 bits per heavy atom. The topological polar surface area (TPSA) is 105 Å². The minimum Gasteiger partial charge on any atom is -0.494 e. The van der Waals surface area contributed by atoms with Crippen molar-refractivity contribution >= 4 is 28.4 Å². The number of benzene rings is 2. The van der Waals surface area contributed by atoms with Gasteiger partial charge in [-0.25, -0.2) is 14.4 Å². The summed E-state index contributed by atoms with van der Waals surface area (Å²) in [4.78, 5) is 20.8. The van der Waals surface area contributed by atoms with Gasteiger partial charge in [-0.1, -0.05) is 11.6 Å². The first kappa shape index (κ1) is 31.1. The summed E-state index contributed by atoms with van der Waals surface area (Å²) in [5.74, 6) is -2.39. The lowest BCUT2D eigenvalue weighted by Gasteiger charge is -2.32. The Morgan fingerprint density at radius 3 is 2.24 bits per heavy atom. The Labute approximate surface area is 241 Å². The molecule has 4 aromatic rings. The zero-order chi connectivity index (χ0) is 31.2. The van der Waals surface area contributed by atoms with Crippen LogP contribution in [0.15, 0.2) is 48.5 Å². The fraction of sp³-hybridized carbons (Fsp3) is 0.276. The van der Waals surface area contributed by atoms with Crippen LogP contribution in [0.1, 0.15) is 41.0 Å². The van der Waals surface area contributed by atoms with Crippen molar-refractivity contribution in [3.05, 3.63) is 87.7 Å². The fourth-order valence-corrected chi connectivity index (χ4v) is 4.69. The number of nitrogens with zero attached hydrogens (tertiary/aromatic N) is 2. The first-order chi connectivity index (χ1) is 19.5. The molecule has 3 N–H and O–H groups in total. The summed E-state index contributed by atoms with van der Waals surface area (Å²) in [6, 6.07) is 9.21. The third-order valence-electron chi connectivity index (χ3n) is 6.63. The lowest BCUT2D eigenvalue weighted by molar-refractivity contribution is -0.265. The van der Waals surface area contributed by atoms with E-state index in [2.05, 4.69) is 15.3 Å². The van der Waals surface area contributed by atoms with E-state index in [9.17, 15) is 37.0 Å². The van der Waals surface area contributed by atoms with Gasteiger partial charge in [0, 0.05) is 27.6 Å². The minimum absolute atomic E-state index is 0.000703. The minimum atomic E-state index is -5.38. The van der Waals surface area contributed by atoms with Crippen LogP contribution in [-0.4, -0.2) is 45.9 Å². The molecule has 2 aromatic carbocycles. The van der Waals surface area contributed by atoms with E-state index in [1.807, 2.05) is 0 Å². The third kappa shape index (κ3) is 5.87. The van der Waals surface area contributed by atoms with E-state index in [1.54, 1.807) is 0 Å². The molecule has 7 nitrogen and oxygen atoms in total. The number of alkyl halides is 3. The normalized spacial score (nSPS) is 13.6. The highest BCUT2D eigenvalue weighted by atomic mass is 35.5. The van der Waals surface area contributed by atoms with E-state index < -0.39 is 47.3 Å². The maximum absolute atomic E-state index is 14.5. The Bertz CT molecular complexity index is 1670. The van der Waals surface area contributed by atoms with Crippen LogP contribution in [0.3, 0.4) is 0 Å². The number of amides is 1. The van der Waals surface area contributed by atoms with Gasteiger partial charge in [0.05, 0.1) is 35.7 Å². The van der Waals surface area contributed by atoms with E-state index in [0.29, 0.717) is 5.39 Å². The highest BCUT2D eigenvalue weighted by molar-refractivity contribution is 6.34. The molecule has 1 unspecified atom stereocenters. The quantitative estimate of drug-likeness (QED) is 0.177. The van der Waals surface area contributed by atoms with Crippen LogP contribution < -0.4 is 10.1 Å². The lowest BCUT2D eigenvalue weighted by Crippen LogP contribution is -2.51. The number of carbonyl (C=O) groups excluding carboxylic acids is 1. The molecule has 2 aromatic heterocycles. The van der Waals surface area contributed by atoms with Gasteiger partial charge in [0.25, 0.3) is 5.91 Å². The van der Waals surface area contributed by atoms with Crippen molar-refractivity contribution in [3.63, 3.8) is 0 Å². The highest BCUT2D eigenvalue weighted by Crippen LogP contribution is 2.43. The average molecular weight is 610 g/mol. The highest BCUT2D eigenvalue weighted by Gasteiger charge is 2.57. The molecule has 0 fully saturated rings. The van der Waals surface area contributed by atoms with Gasteiger partial charge in [0.2, 0.25) is 11.5 Å². The number of aromatic nitrogens is 2. The van der Waals surface area contributed by atoms with Gasteiger partial charge in [0.15, 0.2) is 0 Å². The number of hydrogen-bond acceptors (Lipinski definition) is 6. The van der Waals surface area contributed by atoms with Crippen LogP contribution in [0.2, 0.25) is 5.02 Å². The number of rotatable bonds is 7. The number of ether oxygens (including phenoxy) is 1. The van der Waals surface area contributed by atoms with Crippen molar-refractivity contribution < 1.29 is 41.7 Å². The number of nitrogens with one attached hydrogen (secondary N) is 1. The van der Waals surface area contributed by atoms with Crippen LogP contribution >= 0.6 is 11.6 Å². The van der Waals surface area contributed by atoms with Gasteiger partial charge in [-0.3, -0.25) is 4.79 Å². The van der Waals surface area contributed by atoms with Gasteiger partial charge in [-0.15, -0.1) is 0 Å². The number of pyridine rings is 2. The van der Waals surface area contributed by atoms with Gasteiger partial charge in [-0.2, -0.15) is 17.6 Å². The number of aryl methyl sites for hydroxylation is 1. The second-order valence-corrected chi connectivity index (χ2v) is 10.5. The molecule has 0 aliphatic rings. The van der Waals surface area contributed by atoms with Gasteiger partial charge < -0.3 is 20.3 Å². The summed E-state index contributed by atoms with van der Waals surface area (Å²) in [6.45, 7) is 2.61. The summed E-state index contributed by atoms with van der Waals surface area (Å²) in [6.07, 6.45) is -5.38. The fourth-order valence-electron chi connectivity index (χ4n) is 4.26. The Kier molecular flexibility index (Phi) is 8.20. The smallest absolute Gasteiger partial charge is 0.424 e. The predicted molar refractivity (Wildman–Crippen MR) is 145 cm³/mol. The van der Waals surface area contributed by atoms with Gasteiger partial charge in [-0.05, 0) is 69.3 Å². The Balaban J connectivity index is 1.79. The molecule has 0 aliphatic carbocycles. The third-order valence-corrected chi connectivity index (χ3v) is 7.01. The van der Waals surface area contributed by atoms with Crippen LogP contribution in [0.5, 0.6) is 5.75 Å². The van der Waals surface area contributed by atoms with E-state index in [4.69, 9.17) is 16.3 Å². The van der Waals surface area contributed by atoms with E-state index >= 15 is 0 Å². The first-order valence-corrected chi connectivity index (χ1v) is 12.8. The van der Waals surface area contributed by atoms with Crippen LogP contribution in [-0.2, 0) is 11.2 Å². The summed E-state index contributed by atoms with van der Waals surface area (Å²) in [5, 5.41) is 23.9. The largest absolute Gasteiger partial charge is 0.494 e. The molecule has 0 saturated carbocycles. The molecule has 2 heterocycles. The molecule has 0 saturated heterocycles. The summed E-state index contributed by atoms with van der Waals surface area (Å²) in [7, 11) is 1.25. The predicted octanol–water partition coefficient (Wildman–Crippen LogP) is 5.95. The molecule has 1 amide bonds. The monoisotopic (exact) mass is 609 g/mol. The Morgan fingerprint density at radius 2 is 1.67 bits per heavy atom. The molecule has 42 heavy (non-hydrogen) atoms. The molecular formula is C29H25ClF5N3O4. The van der Waals surface area contributed by atoms with Crippen molar-refractivity contribution in [2.24, 2.45) is 0 Å². The number of fused-ring (bicyclic) bond motifs is 1. The lowest BCUT2D eigenvalue weighted by atomic mass is 9.90. The number of methoxy groups -OCH3 is 1. The average Bonchev–Trinajstić information content (AvgIpc) is 2.91. The zero-order valence-electron chi connectivity index (χ0n) is 22.7. The van der Waals surface area contributed by atoms with E-state index in [1.165, 1.54) is 58.2 Å². The van der Waals surface area contributed by atoms with Crippen LogP contribution in [0.4, 0.5) is 22.0 Å². The van der Waals surface area contributed by atoms with Crippen LogP contribution in [0.25, 0.3) is 22.2 Å². The maximum Gasteiger partial charge on any atom is 0.424 e. The standard InChI is InChI=1S/C29H25ClF5N3O4/c1-14-9-16-10-17(11-20(42-4)23(16)38-25(14)32)26(39)36-13-28(41,29(33,34)35)21-12-19(27(2,3)40)22(30)24(37-21)15-5-7-18(31)8-6-15/h5-12,40-41H,13H2,1-4H3,(H,36,39). The molecule has 0 aliphatic heterocycles. The van der Waals surface area contributed by atoms with Crippen LogP contribution in [0, 0.1) is 18.7 Å². The number of hydrogen-bond donors (Lipinski definition) is 3. The molecule has 4 rings (SSSR count). The molecule has 13 heteroatoms.